The number of rotatable bonds is 5. The van der Waals surface area contributed by atoms with Gasteiger partial charge >= 0.3 is 5.97 Å². The number of carboxylic acids is 1. The molecule has 1 rings (SSSR count). The normalized spacial score (nSPS) is 12.1. The minimum atomic E-state index is -0.945. The summed E-state index contributed by atoms with van der Waals surface area (Å²) in [5.41, 5.74) is 0.242. The quantitative estimate of drug-likeness (QED) is 0.756. The molecule has 1 atom stereocenters. The van der Waals surface area contributed by atoms with E-state index in [4.69, 9.17) is 14.6 Å². The summed E-state index contributed by atoms with van der Waals surface area (Å²) < 4.78 is 10.6. The van der Waals surface area contributed by atoms with Gasteiger partial charge < -0.3 is 14.6 Å². The molecule has 15 heavy (non-hydrogen) atoms. The van der Waals surface area contributed by atoms with Crippen LogP contribution in [0.1, 0.15) is 24.2 Å². The van der Waals surface area contributed by atoms with Crippen LogP contribution in [-0.4, -0.2) is 24.0 Å². The van der Waals surface area contributed by atoms with E-state index in [2.05, 4.69) is 0 Å². The lowest BCUT2D eigenvalue weighted by Gasteiger charge is -2.14. The molecular formula is C11H14O4. The molecule has 4 heteroatoms. The van der Waals surface area contributed by atoms with Crippen LogP contribution in [0.15, 0.2) is 24.3 Å². The molecule has 0 heterocycles. The Bertz CT molecular complexity index is 318. The molecule has 0 aliphatic heterocycles. The van der Waals surface area contributed by atoms with Crippen molar-refractivity contribution < 1.29 is 19.4 Å². The summed E-state index contributed by atoms with van der Waals surface area (Å²) in [4.78, 5) is 10.6. The Morgan fingerprint density at radius 1 is 1.40 bits per heavy atom. The Labute approximate surface area is 88.4 Å². The fourth-order valence-corrected chi connectivity index (χ4v) is 1.14. The lowest BCUT2D eigenvalue weighted by molar-refractivity contribution is -0.0613. The molecule has 0 fully saturated rings. The van der Waals surface area contributed by atoms with E-state index in [9.17, 15) is 4.79 Å². The van der Waals surface area contributed by atoms with Crippen molar-refractivity contribution in [3.63, 3.8) is 0 Å². The molecule has 1 unspecified atom stereocenters. The van der Waals surface area contributed by atoms with Crippen molar-refractivity contribution in [2.75, 3.05) is 6.61 Å². The lowest BCUT2D eigenvalue weighted by atomic mass is 10.2. The van der Waals surface area contributed by atoms with Crippen LogP contribution < -0.4 is 4.74 Å². The van der Waals surface area contributed by atoms with Crippen molar-refractivity contribution in [2.45, 2.75) is 20.1 Å². The van der Waals surface area contributed by atoms with Crippen LogP contribution in [0.4, 0.5) is 0 Å². The molecule has 0 bridgehead atoms. The van der Waals surface area contributed by atoms with Crippen LogP contribution in [0, 0.1) is 0 Å². The molecule has 0 spiro atoms. The highest BCUT2D eigenvalue weighted by Crippen LogP contribution is 2.14. The van der Waals surface area contributed by atoms with Crippen molar-refractivity contribution in [1.29, 1.82) is 0 Å². The fourth-order valence-electron chi connectivity index (χ4n) is 1.14. The number of hydrogen-bond acceptors (Lipinski definition) is 3. The highest BCUT2D eigenvalue weighted by atomic mass is 16.7. The first kappa shape index (κ1) is 11.5. The standard InChI is InChI=1S/C11H14O4/c1-3-14-8(2)15-10-6-4-9(5-7-10)11(12)13/h4-8H,3H2,1-2H3,(H,12,13). The van der Waals surface area contributed by atoms with Gasteiger partial charge in [-0.15, -0.1) is 0 Å². The van der Waals surface area contributed by atoms with Gasteiger partial charge in [0.2, 0.25) is 0 Å². The van der Waals surface area contributed by atoms with Gasteiger partial charge in [0, 0.05) is 6.61 Å². The van der Waals surface area contributed by atoms with E-state index in [0.29, 0.717) is 12.4 Å². The van der Waals surface area contributed by atoms with Crippen molar-refractivity contribution in [3.05, 3.63) is 29.8 Å². The van der Waals surface area contributed by atoms with E-state index in [1.165, 1.54) is 12.1 Å². The zero-order valence-electron chi connectivity index (χ0n) is 8.77. The monoisotopic (exact) mass is 210 g/mol. The summed E-state index contributed by atoms with van der Waals surface area (Å²) in [6.45, 7) is 4.25. The van der Waals surface area contributed by atoms with Gasteiger partial charge in [-0.3, -0.25) is 0 Å². The maximum Gasteiger partial charge on any atom is 0.335 e. The Balaban J connectivity index is 2.60. The van der Waals surface area contributed by atoms with E-state index < -0.39 is 5.97 Å². The van der Waals surface area contributed by atoms with Crippen molar-refractivity contribution in [3.8, 4) is 5.75 Å². The van der Waals surface area contributed by atoms with Crippen LogP contribution in [0.25, 0.3) is 0 Å². The second-order valence-corrected chi connectivity index (χ2v) is 2.97. The topological polar surface area (TPSA) is 55.8 Å². The average Bonchev–Trinajstić information content (AvgIpc) is 2.18. The van der Waals surface area contributed by atoms with Crippen LogP contribution >= 0.6 is 0 Å². The first-order valence-electron chi connectivity index (χ1n) is 4.75. The Kier molecular flexibility index (Phi) is 4.12. The summed E-state index contributed by atoms with van der Waals surface area (Å²) in [5.74, 6) is -0.347. The third-order valence-electron chi connectivity index (χ3n) is 1.80. The predicted octanol–water partition coefficient (Wildman–Crippen LogP) is 2.15. The molecule has 82 valence electrons. The molecule has 0 aliphatic rings. The van der Waals surface area contributed by atoms with Crippen molar-refractivity contribution in [1.82, 2.24) is 0 Å². The number of hydrogen-bond donors (Lipinski definition) is 1. The number of carbonyl (C=O) groups is 1. The molecule has 0 radical (unpaired) electrons. The van der Waals surface area contributed by atoms with Crippen LogP contribution in [0.3, 0.4) is 0 Å². The molecule has 4 nitrogen and oxygen atoms in total. The van der Waals surface area contributed by atoms with Crippen LogP contribution in [-0.2, 0) is 4.74 Å². The summed E-state index contributed by atoms with van der Waals surface area (Å²) in [6.07, 6.45) is -0.328. The summed E-state index contributed by atoms with van der Waals surface area (Å²) >= 11 is 0. The highest BCUT2D eigenvalue weighted by Gasteiger charge is 2.05. The van der Waals surface area contributed by atoms with Crippen LogP contribution in [0.2, 0.25) is 0 Å². The molecule has 0 saturated carbocycles. The van der Waals surface area contributed by atoms with Gasteiger partial charge in [-0.25, -0.2) is 4.79 Å². The SMILES string of the molecule is CCOC(C)Oc1ccc(C(=O)O)cc1. The number of benzene rings is 1. The minimum Gasteiger partial charge on any atom is -0.478 e. The Morgan fingerprint density at radius 2 is 2.00 bits per heavy atom. The predicted molar refractivity (Wildman–Crippen MR) is 55.1 cm³/mol. The Morgan fingerprint density at radius 3 is 2.47 bits per heavy atom. The second kappa shape index (κ2) is 5.36. The van der Waals surface area contributed by atoms with Gasteiger partial charge in [-0.05, 0) is 38.1 Å². The average molecular weight is 210 g/mol. The lowest BCUT2D eigenvalue weighted by Crippen LogP contribution is -2.15. The third kappa shape index (κ3) is 3.59. The summed E-state index contributed by atoms with van der Waals surface area (Å²) in [5, 5.41) is 8.68. The maximum absolute atomic E-state index is 10.6. The van der Waals surface area contributed by atoms with E-state index in [0.717, 1.165) is 0 Å². The van der Waals surface area contributed by atoms with Gasteiger partial charge in [0.05, 0.1) is 5.56 Å². The maximum atomic E-state index is 10.6. The summed E-state index contributed by atoms with van der Waals surface area (Å²) in [7, 11) is 0. The third-order valence-corrected chi connectivity index (χ3v) is 1.80. The molecular weight excluding hydrogens is 196 g/mol. The van der Waals surface area contributed by atoms with Crippen molar-refractivity contribution >= 4 is 5.97 Å². The van der Waals surface area contributed by atoms with Gasteiger partial charge in [0.25, 0.3) is 0 Å². The molecule has 0 saturated heterocycles. The molecule has 1 N–H and O–H groups in total. The van der Waals surface area contributed by atoms with E-state index in [1.54, 1.807) is 19.1 Å². The fraction of sp³-hybridized carbons (Fsp3) is 0.364. The second-order valence-electron chi connectivity index (χ2n) is 2.97. The van der Waals surface area contributed by atoms with Gasteiger partial charge in [0.1, 0.15) is 5.75 Å². The first-order chi connectivity index (χ1) is 7.13. The van der Waals surface area contributed by atoms with Crippen molar-refractivity contribution in [2.24, 2.45) is 0 Å². The highest BCUT2D eigenvalue weighted by molar-refractivity contribution is 5.87. The molecule has 0 aromatic heterocycles. The zero-order valence-corrected chi connectivity index (χ0v) is 8.77. The first-order valence-corrected chi connectivity index (χ1v) is 4.75. The molecule has 1 aromatic carbocycles. The van der Waals surface area contributed by atoms with Gasteiger partial charge in [-0.2, -0.15) is 0 Å². The molecule has 1 aromatic rings. The van der Waals surface area contributed by atoms with Crippen LogP contribution in [0.5, 0.6) is 5.75 Å². The van der Waals surface area contributed by atoms with E-state index >= 15 is 0 Å². The number of aromatic carboxylic acids is 1. The summed E-state index contributed by atoms with van der Waals surface area (Å²) in [6, 6.07) is 6.21. The van der Waals surface area contributed by atoms with E-state index in [-0.39, 0.29) is 11.9 Å². The smallest absolute Gasteiger partial charge is 0.335 e. The van der Waals surface area contributed by atoms with Gasteiger partial charge in [0.15, 0.2) is 6.29 Å². The Hall–Kier alpha value is -1.55. The number of ether oxygens (including phenoxy) is 2. The zero-order chi connectivity index (χ0) is 11.3. The minimum absolute atomic E-state index is 0.242. The molecule has 0 amide bonds. The largest absolute Gasteiger partial charge is 0.478 e. The van der Waals surface area contributed by atoms with E-state index in [1.807, 2.05) is 6.92 Å². The van der Waals surface area contributed by atoms with Gasteiger partial charge in [-0.1, -0.05) is 0 Å². The number of carboxylic acid groups (broad SMARTS) is 1. The molecule has 0 aliphatic carbocycles.